The zero-order valence-electron chi connectivity index (χ0n) is 11.5. The molecule has 104 valence electrons. The molecule has 1 atom stereocenters. The second-order valence-electron chi connectivity index (χ2n) is 4.77. The number of methoxy groups -OCH3 is 2. The molecule has 1 aromatic rings. The first-order valence-corrected chi connectivity index (χ1v) is 6.25. The predicted molar refractivity (Wildman–Crippen MR) is 72.4 cm³/mol. The first-order valence-electron chi connectivity index (χ1n) is 6.25. The number of ether oxygens (including phenoxy) is 2. The van der Waals surface area contributed by atoms with E-state index in [9.17, 15) is 4.79 Å². The minimum atomic E-state index is -0.776. The number of carboxylic acids is 1. The molecule has 1 aliphatic heterocycles. The van der Waals surface area contributed by atoms with Crippen molar-refractivity contribution in [2.24, 2.45) is 0 Å². The van der Waals surface area contributed by atoms with Crippen molar-refractivity contribution in [3.8, 4) is 11.5 Å². The predicted octanol–water partition coefficient (Wildman–Crippen LogP) is 2.10. The lowest BCUT2D eigenvalue weighted by atomic mass is 9.87. The van der Waals surface area contributed by atoms with Gasteiger partial charge in [0.05, 0.1) is 26.3 Å². The van der Waals surface area contributed by atoms with Crippen LogP contribution < -0.4 is 14.4 Å². The van der Waals surface area contributed by atoms with Gasteiger partial charge in [0, 0.05) is 19.7 Å². The summed E-state index contributed by atoms with van der Waals surface area (Å²) in [6.45, 7) is 0.827. The SMILES string of the molecule is COc1cc(OC)c2c(c1)C(CC(=O)O)CCN2C. The normalized spacial score (nSPS) is 17.8. The highest BCUT2D eigenvalue weighted by molar-refractivity contribution is 5.73. The number of rotatable bonds is 4. The van der Waals surface area contributed by atoms with Crippen molar-refractivity contribution in [3.63, 3.8) is 0 Å². The van der Waals surface area contributed by atoms with Crippen molar-refractivity contribution < 1.29 is 19.4 Å². The summed E-state index contributed by atoms with van der Waals surface area (Å²) in [6, 6.07) is 3.75. The molecule has 19 heavy (non-hydrogen) atoms. The van der Waals surface area contributed by atoms with Gasteiger partial charge in [0.25, 0.3) is 0 Å². The van der Waals surface area contributed by atoms with Gasteiger partial charge in [0.1, 0.15) is 11.5 Å². The number of aliphatic carboxylic acids is 1. The van der Waals surface area contributed by atoms with Crippen molar-refractivity contribution in [1.29, 1.82) is 0 Å². The summed E-state index contributed by atoms with van der Waals surface area (Å²) in [4.78, 5) is 13.1. The third-order valence-corrected chi connectivity index (χ3v) is 3.59. The van der Waals surface area contributed by atoms with Gasteiger partial charge in [-0.3, -0.25) is 4.79 Å². The second-order valence-corrected chi connectivity index (χ2v) is 4.77. The van der Waals surface area contributed by atoms with E-state index in [-0.39, 0.29) is 12.3 Å². The van der Waals surface area contributed by atoms with E-state index in [1.54, 1.807) is 14.2 Å². The topological polar surface area (TPSA) is 59.0 Å². The van der Waals surface area contributed by atoms with Crippen molar-refractivity contribution in [2.45, 2.75) is 18.8 Å². The quantitative estimate of drug-likeness (QED) is 0.903. The Morgan fingerprint density at radius 1 is 1.42 bits per heavy atom. The van der Waals surface area contributed by atoms with Crippen molar-refractivity contribution >= 4 is 11.7 Å². The van der Waals surface area contributed by atoms with E-state index in [2.05, 4.69) is 4.90 Å². The minimum absolute atomic E-state index is 0.00713. The van der Waals surface area contributed by atoms with Crippen LogP contribution >= 0.6 is 0 Å². The lowest BCUT2D eigenvalue weighted by Gasteiger charge is -2.34. The maximum Gasteiger partial charge on any atom is 0.303 e. The molecular weight excluding hydrogens is 246 g/mol. The van der Waals surface area contributed by atoms with E-state index < -0.39 is 5.97 Å². The third kappa shape index (κ3) is 2.59. The number of hydrogen-bond acceptors (Lipinski definition) is 4. The lowest BCUT2D eigenvalue weighted by Crippen LogP contribution is -2.28. The summed E-state index contributed by atoms with van der Waals surface area (Å²) in [5, 5.41) is 9.03. The zero-order chi connectivity index (χ0) is 14.0. The molecule has 5 heteroatoms. The molecule has 0 aromatic heterocycles. The van der Waals surface area contributed by atoms with Crippen LogP contribution in [0.1, 0.15) is 24.3 Å². The molecule has 0 saturated heterocycles. The lowest BCUT2D eigenvalue weighted by molar-refractivity contribution is -0.137. The number of hydrogen-bond donors (Lipinski definition) is 1. The molecule has 5 nitrogen and oxygen atoms in total. The summed E-state index contributed by atoms with van der Waals surface area (Å²) in [6.07, 6.45) is 0.962. The molecule has 0 radical (unpaired) electrons. The van der Waals surface area contributed by atoms with Gasteiger partial charge in [0.2, 0.25) is 0 Å². The van der Waals surface area contributed by atoms with Crippen LogP contribution in [0.5, 0.6) is 11.5 Å². The summed E-state index contributed by atoms with van der Waals surface area (Å²) in [5.41, 5.74) is 1.97. The van der Waals surface area contributed by atoms with E-state index in [0.717, 1.165) is 30.0 Å². The Hall–Kier alpha value is -1.91. The van der Waals surface area contributed by atoms with E-state index in [4.69, 9.17) is 14.6 Å². The Kier molecular flexibility index (Phi) is 3.83. The van der Waals surface area contributed by atoms with Gasteiger partial charge in [0.15, 0.2) is 0 Å². The number of carboxylic acid groups (broad SMARTS) is 1. The van der Waals surface area contributed by atoms with Gasteiger partial charge in [-0.1, -0.05) is 0 Å². The Morgan fingerprint density at radius 3 is 2.74 bits per heavy atom. The van der Waals surface area contributed by atoms with E-state index >= 15 is 0 Å². The molecule has 1 unspecified atom stereocenters. The molecule has 1 heterocycles. The van der Waals surface area contributed by atoms with Crippen LogP contribution in [0.4, 0.5) is 5.69 Å². The van der Waals surface area contributed by atoms with Gasteiger partial charge < -0.3 is 19.5 Å². The van der Waals surface area contributed by atoms with E-state index in [0.29, 0.717) is 5.75 Å². The van der Waals surface area contributed by atoms with Gasteiger partial charge >= 0.3 is 5.97 Å². The molecule has 1 aliphatic rings. The maximum absolute atomic E-state index is 11.0. The fourth-order valence-corrected chi connectivity index (χ4v) is 2.64. The summed E-state index contributed by atoms with van der Waals surface area (Å²) in [5.74, 6) is 0.656. The number of anilines is 1. The zero-order valence-corrected chi connectivity index (χ0v) is 11.5. The molecule has 2 rings (SSSR count). The molecule has 0 aliphatic carbocycles. The molecular formula is C14H19NO4. The Labute approximate surface area is 112 Å². The van der Waals surface area contributed by atoms with Crippen LogP contribution in [0.3, 0.4) is 0 Å². The number of nitrogens with zero attached hydrogens (tertiary/aromatic N) is 1. The molecule has 1 N–H and O–H groups in total. The largest absolute Gasteiger partial charge is 0.497 e. The Bertz CT molecular complexity index is 487. The summed E-state index contributed by atoms with van der Waals surface area (Å²) >= 11 is 0. The van der Waals surface area contributed by atoms with Gasteiger partial charge in [-0.2, -0.15) is 0 Å². The van der Waals surface area contributed by atoms with Crippen LogP contribution in [-0.2, 0) is 4.79 Å². The molecule has 0 fully saturated rings. The number of benzene rings is 1. The highest BCUT2D eigenvalue weighted by Crippen LogP contribution is 2.44. The van der Waals surface area contributed by atoms with Crippen LogP contribution in [0, 0.1) is 0 Å². The maximum atomic E-state index is 11.0. The highest BCUT2D eigenvalue weighted by atomic mass is 16.5. The number of fused-ring (bicyclic) bond motifs is 1. The monoisotopic (exact) mass is 265 g/mol. The summed E-state index contributed by atoms with van der Waals surface area (Å²) in [7, 11) is 5.20. The Morgan fingerprint density at radius 2 is 2.16 bits per heavy atom. The standard InChI is InChI=1S/C14H19NO4/c1-15-5-4-9(6-13(16)17)11-7-10(18-2)8-12(19-3)14(11)15/h7-9H,4-6H2,1-3H3,(H,16,17). The molecule has 0 spiro atoms. The van der Waals surface area contributed by atoms with E-state index in [1.165, 1.54) is 0 Å². The Balaban J connectivity index is 2.51. The molecule has 0 saturated carbocycles. The smallest absolute Gasteiger partial charge is 0.303 e. The second kappa shape index (κ2) is 5.38. The van der Waals surface area contributed by atoms with Gasteiger partial charge in [-0.25, -0.2) is 0 Å². The average molecular weight is 265 g/mol. The van der Waals surface area contributed by atoms with Crippen LogP contribution in [0.15, 0.2) is 12.1 Å². The fourth-order valence-electron chi connectivity index (χ4n) is 2.64. The molecule has 0 amide bonds. The van der Waals surface area contributed by atoms with Gasteiger partial charge in [-0.15, -0.1) is 0 Å². The van der Waals surface area contributed by atoms with Gasteiger partial charge in [-0.05, 0) is 24.0 Å². The molecule has 1 aromatic carbocycles. The van der Waals surface area contributed by atoms with E-state index in [1.807, 2.05) is 19.2 Å². The number of carbonyl (C=O) groups is 1. The molecule has 0 bridgehead atoms. The average Bonchev–Trinajstić information content (AvgIpc) is 2.40. The minimum Gasteiger partial charge on any atom is -0.497 e. The summed E-state index contributed by atoms with van der Waals surface area (Å²) < 4.78 is 10.7. The first kappa shape index (κ1) is 13.5. The van der Waals surface area contributed by atoms with Crippen molar-refractivity contribution in [2.75, 3.05) is 32.7 Å². The van der Waals surface area contributed by atoms with Crippen LogP contribution in [-0.4, -0.2) is 38.9 Å². The fraction of sp³-hybridized carbons (Fsp3) is 0.500. The van der Waals surface area contributed by atoms with Crippen LogP contribution in [0.25, 0.3) is 0 Å². The third-order valence-electron chi connectivity index (χ3n) is 3.59. The first-order chi connectivity index (χ1) is 9.06. The van der Waals surface area contributed by atoms with Crippen LogP contribution in [0.2, 0.25) is 0 Å². The van der Waals surface area contributed by atoms with Crippen molar-refractivity contribution in [1.82, 2.24) is 0 Å². The van der Waals surface area contributed by atoms with Crippen molar-refractivity contribution in [3.05, 3.63) is 17.7 Å². The highest BCUT2D eigenvalue weighted by Gasteiger charge is 2.28.